The van der Waals surface area contributed by atoms with E-state index in [9.17, 15) is 4.79 Å². The molecule has 0 bridgehead atoms. The summed E-state index contributed by atoms with van der Waals surface area (Å²) in [5, 5.41) is 2.89. The van der Waals surface area contributed by atoms with Gasteiger partial charge in [-0.3, -0.25) is 4.79 Å². The molecule has 122 valence electrons. The van der Waals surface area contributed by atoms with E-state index in [0.717, 1.165) is 35.5 Å². The van der Waals surface area contributed by atoms with Crippen molar-refractivity contribution in [3.8, 4) is 11.5 Å². The van der Waals surface area contributed by atoms with Crippen LogP contribution >= 0.6 is 0 Å². The highest BCUT2D eigenvalue weighted by atomic mass is 16.5. The zero-order valence-electron chi connectivity index (χ0n) is 13.8. The van der Waals surface area contributed by atoms with Crippen LogP contribution in [0.4, 0.5) is 0 Å². The third kappa shape index (κ3) is 3.53. The predicted molar refractivity (Wildman–Crippen MR) is 86.1 cm³/mol. The zero-order valence-corrected chi connectivity index (χ0v) is 13.8. The highest BCUT2D eigenvalue weighted by Crippen LogP contribution is 2.34. The van der Waals surface area contributed by atoms with Gasteiger partial charge in [0.05, 0.1) is 13.2 Å². The minimum atomic E-state index is -0.485. The number of rotatable bonds is 6. The molecule has 1 aliphatic rings. The molecule has 5 heteroatoms. The second kappa shape index (κ2) is 7.01. The summed E-state index contributed by atoms with van der Waals surface area (Å²) in [4.78, 5) is 12.1. The maximum Gasteiger partial charge on any atom is 0.237 e. The fourth-order valence-electron chi connectivity index (χ4n) is 2.62. The van der Waals surface area contributed by atoms with Gasteiger partial charge in [-0.05, 0) is 25.0 Å². The topological polar surface area (TPSA) is 73.6 Å². The van der Waals surface area contributed by atoms with Gasteiger partial charge in [0, 0.05) is 24.1 Å². The van der Waals surface area contributed by atoms with E-state index in [0.29, 0.717) is 6.54 Å². The zero-order chi connectivity index (χ0) is 16.3. The Morgan fingerprint density at radius 3 is 2.91 bits per heavy atom. The van der Waals surface area contributed by atoms with E-state index in [1.165, 1.54) is 0 Å². The number of benzene rings is 1. The van der Waals surface area contributed by atoms with Crippen molar-refractivity contribution in [1.29, 1.82) is 0 Å². The maximum absolute atomic E-state index is 12.1. The van der Waals surface area contributed by atoms with E-state index < -0.39 is 6.04 Å². The van der Waals surface area contributed by atoms with E-state index in [1.807, 2.05) is 32.9 Å². The van der Waals surface area contributed by atoms with Crippen molar-refractivity contribution >= 4 is 5.91 Å². The summed E-state index contributed by atoms with van der Waals surface area (Å²) < 4.78 is 11.2. The molecular formula is C17H26N2O3. The number of nitrogens with one attached hydrogen (secondary N) is 1. The fourth-order valence-corrected chi connectivity index (χ4v) is 2.62. The quantitative estimate of drug-likeness (QED) is 0.843. The molecule has 0 radical (unpaired) electrons. The third-order valence-corrected chi connectivity index (χ3v) is 4.31. The largest absolute Gasteiger partial charge is 0.496 e. The standard InChI is InChI=1S/C17H26N2O3/c1-5-10(2)16(18)17(20)19-9-13-8-15-12(6-11(3)22-15)7-14(13)21-4/h7-8,10-11,16H,5-6,9,18H2,1-4H3,(H,19,20). The Labute approximate surface area is 132 Å². The van der Waals surface area contributed by atoms with Crippen molar-refractivity contribution in [2.24, 2.45) is 11.7 Å². The first-order valence-corrected chi connectivity index (χ1v) is 7.86. The van der Waals surface area contributed by atoms with Gasteiger partial charge in [0.1, 0.15) is 17.6 Å². The summed E-state index contributed by atoms with van der Waals surface area (Å²) in [6.07, 6.45) is 1.95. The Bertz CT molecular complexity index is 545. The van der Waals surface area contributed by atoms with E-state index in [-0.39, 0.29) is 17.9 Å². The molecule has 0 fully saturated rings. The Kier molecular flexibility index (Phi) is 5.29. The Morgan fingerprint density at radius 1 is 1.55 bits per heavy atom. The lowest BCUT2D eigenvalue weighted by Crippen LogP contribution is -2.44. The van der Waals surface area contributed by atoms with Gasteiger partial charge in [-0.25, -0.2) is 0 Å². The molecule has 3 unspecified atom stereocenters. The Morgan fingerprint density at radius 2 is 2.27 bits per heavy atom. The lowest BCUT2D eigenvalue weighted by molar-refractivity contribution is -0.123. The highest BCUT2D eigenvalue weighted by Gasteiger charge is 2.23. The number of amides is 1. The number of carbonyl (C=O) groups is 1. The van der Waals surface area contributed by atoms with E-state index >= 15 is 0 Å². The SMILES string of the molecule is CCC(C)C(N)C(=O)NCc1cc2c(cc1OC)CC(C)O2. The minimum Gasteiger partial charge on any atom is -0.496 e. The van der Waals surface area contributed by atoms with Crippen molar-refractivity contribution in [1.82, 2.24) is 5.32 Å². The summed E-state index contributed by atoms with van der Waals surface area (Å²) in [5.41, 5.74) is 8.00. The van der Waals surface area contributed by atoms with Gasteiger partial charge < -0.3 is 20.5 Å². The summed E-state index contributed by atoms with van der Waals surface area (Å²) in [7, 11) is 1.64. The molecule has 3 atom stereocenters. The lowest BCUT2D eigenvalue weighted by Gasteiger charge is -2.18. The lowest BCUT2D eigenvalue weighted by atomic mass is 9.99. The van der Waals surface area contributed by atoms with Crippen molar-refractivity contribution in [3.63, 3.8) is 0 Å². The number of fused-ring (bicyclic) bond motifs is 1. The van der Waals surface area contributed by atoms with Gasteiger partial charge >= 0.3 is 0 Å². The first kappa shape index (κ1) is 16.6. The number of methoxy groups -OCH3 is 1. The van der Waals surface area contributed by atoms with E-state index in [2.05, 4.69) is 5.32 Å². The molecule has 1 aromatic carbocycles. The van der Waals surface area contributed by atoms with Crippen molar-refractivity contribution in [2.75, 3.05) is 7.11 Å². The molecule has 0 aliphatic carbocycles. The van der Waals surface area contributed by atoms with Gasteiger partial charge in [0.15, 0.2) is 0 Å². The van der Waals surface area contributed by atoms with Crippen LogP contribution in [0.25, 0.3) is 0 Å². The van der Waals surface area contributed by atoms with Crippen LogP contribution in [0.5, 0.6) is 11.5 Å². The second-order valence-corrected chi connectivity index (χ2v) is 6.03. The molecule has 1 amide bonds. The fraction of sp³-hybridized carbons (Fsp3) is 0.588. The minimum absolute atomic E-state index is 0.133. The maximum atomic E-state index is 12.1. The van der Waals surface area contributed by atoms with Crippen LogP contribution in [0.3, 0.4) is 0 Å². The molecule has 1 aliphatic heterocycles. The van der Waals surface area contributed by atoms with Gasteiger partial charge in [-0.1, -0.05) is 20.3 Å². The molecule has 0 saturated carbocycles. The van der Waals surface area contributed by atoms with Crippen LogP contribution in [0, 0.1) is 5.92 Å². The van der Waals surface area contributed by atoms with E-state index in [1.54, 1.807) is 7.11 Å². The highest BCUT2D eigenvalue weighted by molar-refractivity contribution is 5.81. The monoisotopic (exact) mass is 306 g/mol. The van der Waals surface area contributed by atoms with Crippen LogP contribution in [0.2, 0.25) is 0 Å². The molecule has 0 saturated heterocycles. The van der Waals surface area contributed by atoms with Crippen LogP contribution in [0.1, 0.15) is 38.3 Å². The van der Waals surface area contributed by atoms with Crippen molar-refractivity contribution in [3.05, 3.63) is 23.3 Å². The Balaban J connectivity index is 2.07. The summed E-state index contributed by atoms with van der Waals surface area (Å²) in [5.74, 6) is 1.68. The summed E-state index contributed by atoms with van der Waals surface area (Å²) >= 11 is 0. The second-order valence-electron chi connectivity index (χ2n) is 6.03. The van der Waals surface area contributed by atoms with Gasteiger partial charge in [0.25, 0.3) is 0 Å². The molecular weight excluding hydrogens is 280 g/mol. The van der Waals surface area contributed by atoms with Crippen molar-refractivity contribution in [2.45, 2.75) is 52.3 Å². The smallest absolute Gasteiger partial charge is 0.237 e. The first-order chi connectivity index (χ1) is 10.5. The number of hydrogen-bond donors (Lipinski definition) is 2. The number of nitrogens with two attached hydrogens (primary N) is 1. The summed E-state index contributed by atoms with van der Waals surface area (Å²) in [6, 6.07) is 3.46. The van der Waals surface area contributed by atoms with Gasteiger partial charge in [-0.2, -0.15) is 0 Å². The predicted octanol–water partition coefficient (Wildman–Crippen LogP) is 2.01. The van der Waals surface area contributed by atoms with Crippen molar-refractivity contribution < 1.29 is 14.3 Å². The average molecular weight is 306 g/mol. The van der Waals surface area contributed by atoms with Gasteiger partial charge in [0.2, 0.25) is 5.91 Å². The normalized spacial score (nSPS) is 19.0. The number of ether oxygens (including phenoxy) is 2. The average Bonchev–Trinajstić information content (AvgIpc) is 2.88. The number of hydrogen-bond acceptors (Lipinski definition) is 4. The molecule has 0 spiro atoms. The molecule has 1 aromatic rings. The van der Waals surface area contributed by atoms with Crippen LogP contribution < -0.4 is 20.5 Å². The molecule has 0 aromatic heterocycles. The number of carbonyl (C=O) groups excluding carboxylic acids is 1. The molecule has 5 nitrogen and oxygen atoms in total. The molecule has 2 rings (SSSR count). The van der Waals surface area contributed by atoms with Crippen LogP contribution in [-0.2, 0) is 17.8 Å². The molecule has 22 heavy (non-hydrogen) atoms. The van der Waals surface area contributed by atoms with E-state index in [4.69, 9.17) is 15.2 Å². The summed E-state index contributed by atoms with van der Waals surface area (Å²) in [6.45, 7) is 6.44. The first-order valence-electron chi connectivity index (χ1n) is 7.86. The van der Waals surface area contributed by atoms with Crippen LogP contribution in [-0.4, -0.2) is 25.2 Å². The Hall–Kier alpha value is -1.75. The molecule has 3 N–H and O–H groups in total. The molecule has 1 heterocycles. The third-order valence-electron chi connectivity index (χ3n) is 4.31. The van der Waals surface area contributed by atoms with Crippen LogP contribution in [0.15, 0.2) is 12.1 Å². The van der Waals surface area contributed by atoms with Gasteiger partial charge in [-0.15, -0.1) is 0 Å².